The Hall–Kier alpha value is -1.06. The Bertz CT molecular complexity index is 335. The van der Waals surface area contributed by atoms with Crippen molar-refractivity contribution in [2.45, 2.75) is 70.4 Å². The molecule has 0 radical (unpaired) electrons. The zero-order chi connectivity index (χ0) is 13.2. The maximum absolute atomic E-state index is 12.3. The first-order valence-corrected chi connectivity index (χ1v) is 7.24. The number of hydrogen-bond donors (Lipinski definition) is 1. The minimum Gasteiger partial charge on any atom is -0.343 e. The van der Waals surface area contributed by atoms with Crippen molar-refractivity contribution in [3.05, 3.63) is 0 Å². The monoisotopic (exact) mass is 252 g/mol. The summed E-state index contributed by atoms with van der Waals surface area (Å²) in [6, 6.07) is -0.356. The molecule has 0 bridgehead atoms. The molecule has 1 atom stereocenters. The molecule has 2 aliphatic rings. The highest BCUT2D eigenvalue weighted by Gasteiger charge is 2.52. The highest BCUT2D eigenvalue weighted by Crippen LogP contribution is 2.38. The molecule has 102 valence electrons. The summed E-state index contributed by atoms with van der Waals surface area (Å²) in [5.74, 6) is 0.177. The van der Waals surface area contributed by atoms with Crippen LogP contribution in [0.15, 0.2) is 0 Å². The van der Waals surface area contributed by atoms with Crippen LogP contribution in [0, 0.1) is 0 Å². The molecule has 1 heterocycles. The predicted octanol–water partition coefficient (Wildman–Crippen LogP) is 1.84. The van der Waals surface area contributed by atoms with E-state index in [4.69, 9.17) is 0 Å². The predicted molar refractivity (Wildman–Crippen MR) is 70.0 cm³/mol. The summed E-state index contributed by atoms with van der Waals surface area (Å²) >= 11 is 0. The molecule has 18 heavy (non-hydrogen) atoms. The largest absolute Gasteiger partial charge is 0.343 e. The van der Waals surface area contributed by atoms with Crippen molar-refractivity contribution in [1.82, 2.24) is 10.2 Å². The summed E-state index contributed by atoms with van der Waals surface area (Å²) in [6.45, 7) is 4.68. The summed E-state index contributed by atoms with van der Waals surface area (Å²) in [5.41, 5.74) is -0.517. The molecule has 2 fully saturated rings. The van der Waals surface area contributed by atoms with Gasteiger partial charge in [-0.15, -0.1) is 0 Å². The SMILES string of the molecule is CCCCCN1C(=O)C(C)NC(=O)C12CCCC2. The minimum atomic E-state index is -0.517. The lowest BCUT2D eigenvalue weighted by atomic mass is 9.89. The van der Waals surface area contributed by atoms with Gasteiger partial charge in [0.2, 0.25) is 11.8 Å². The molecule has 1 N–H and O–H groups in total. The number of carbonyl (C=O) groups is 2. The number of amides is 2. The number of carbonyl (C=O) groups excluding carboxylic acids is 2. The molecule has 0 aromatic carbocycles. The molecule has 1 saturated heterocycles. The van der Waals surface area contributed by atoms with Crippen LogP contribution in [0.4, 0.5) is 0 Å². The summed E-state index contributed by atoms with van der Waals surface area (Å²) < 4.78 is 0. The zero-order valence-electron chi connectivity index (χ0n) is 11.5. The summed E-state index contributed by atoms with van der Waals surface area (Å²) in [6.07, 6.45) is 7.04. The lowest BCUT2D eigenvalue weighted by Crippen LogP contribution is -2.69. The van der Waals surface area contributed by atoms with E-state index < -0.39 is 5.54 Å². The van der Waals surface area contributed by atoms with E-state index in [0.29, 0.717) is 0 Å². The molecular weight excluding hydrogens is 228 g/mol. The number of nitrogens with one attached hydrogen (secondary N) is 1. The molecule has 2 amide bonds. The van der Waals surface area contributed by atoms with Crippen LogP contribution in [0.1, 0.15) is 58.8 Å². The van der Waals surface area contributed by atoms with Gasteiger partial charge in [-0.3, -0.25) is 9.59 Å². The average molecular weight is 252 g/mol. The Labute approximate surface area is 109 Å². The van der Waals surface area contributed by atoms with E-state index in [1.807, 2.05) is 4.90 Å². The molecule has 0 aromatic rings. The number of unbranched alkanes of at least 4 members (excludes halogenated alkanes) is 2. The molecule has 1 aliphatic heterocycles. The maximum Gasteiger partial charge on any atom is 0.246 e. The van der Waals surface area contributed by atoms with Gasteiger partial charge in [0.05, 0.1) is 0 Å². The molecule has 1 unspecified atom stereocenters. The molecule has 4 nitrogen and oxygen atoms in total. The summed E-state index contributed by atoms with van der Waals surface area (Å²) in [5, 5.41) is 2.85. The Balaban J connectivity index is 2.17. The second-order valence-corrected chi connectivity index (χ2v) is 5.63. The van der Waals surface area contributed by atoms with Crippen LogP contribution < -0.4 is 5.32 Å². The van der Waals surface area contributed by atoms with Gasteiger partial charge in [0, 0.05) is 6.54 Å². The Kier molecular flexibility index (Phi) is 3.93. The third-order valence-electron chi connectivity index (χ3n) is 4.34. The zero-order valence-corrected chi connectivity index (χ0v) is 11.5. The van der Waals surface area contributed by atoms with Gasteiger partial charge in [0.1, 0.15) is 11.6 Å². The second kappa shape index (κ2) is 5.29. The normalized spacial score (nSPS) is 26.8. The fourth-order valence-electron chi connectivity index (χ4n) is 3.26. The minimum absolute atomic E-state index is 0.0728. The van der Waals surface area contributed by atoms with E-state index in [1.165, 1.54) is 0 Å². The molecule has 2 rings (SSSR count). The number of piperazine rings is 1. The van der Waals surface area contributed by atoms with Gasteiger partial charge in [0.15, 0.2) is 0 Å². The van der Waals surface area contributed by atoms with Crippen LogP contribution in [0.25, 0.3) is 0 Å². The van der Waals surface area contributed by atoms with Crippen molar-refractivity contribution in [3.63, 3.8) is 0 Å². The first-order chi connectivity index (χ1) is 8.62. The lowest BCUT2D eigenvalue weighted by Gasteiger charge is -2.45. The van der Waals surface area contributed by atoms with Crippen LogP contribution in [-0.4, -0.2) is 34.8 Å². The van der Waals surface area contributed by atoms with E-state index in [9.17, 15) is 9.59 Å². The summed E-state index contributed by atoms with van der Waals surface area (Å²) in [7, 11) is 0. The van der Waals surface area contributed by atoms with Crippen LogP contribution >= 0.6 is 0 Å². The van der Waals surface area contributed by atoms with Crippen LogP contribution in [0.2, 0.25) is 0 Å². The first-order valence-electron chi connectivity index (χ1n) is 7.24. The third-order valence-corrected chi connectivity index (χ3v) is 4.34. The Morgan fingerprint density at radius 1 is 1.28 bits per heavy atom. The van der Waals surface area contributed by atoms with Crippen molar-refractivity contribution < 1.29 is 9.59 Å². The van der Waals surface area contributed by atoms with E-state index >= 15 is 0 Å². The van der Waals surface area contributed by atoms with Crippen LogP contribution in [-0.2, 0) is 9.59 Å². The van der Waals surface area contributed by atoms with Gasteiger partial charge in [-0.2, -0.15) is 0 Å². The molecule has 1 aliphatic carbocycles. The lowest BCUT2D eigenvalue weighted by molar-refractivity contribution is -0.156. The van der Waals surface area contributed by atoms with Gasteiger partial charge < -0.3 is 10.2 Å². The van der Waals surface area contributed by atoms with Crippen LogP contribution in [0.3, 0.4) is 0 Å². The first kappa shape index (κ1) is 13.4. The highest BCUT2D eigenvalue weighted by atomic mass is 16.2. The highest BCUT2D eigenvalue weighted by molar-refractivity contribution is 5.99. The van der Waals surface area contributed by atoms with Gasteiger partial charge in [-0.05, 0) is 26.2 Å². The molecule has 4 heteroatoms. The quantitative estimate of drug-likeness (QED) is 0.776. The van der Waals surface area contributed by atoms with Crippen molar-refractivity contribution in [1.29, 1.82) is 0 Å². The average Bonchev–Trinajstić information content (AvgIpc) is 2.82. The molecule has 1 saturated carbocycles. The molecule has 0 aromatic heterocycles. The van der Waals surface area contributed by atoms with Gasteiger partial charge in [-0.25, -0.2) is 0 Å². The van der Waals surface area contributed by atoms with Crippen molar-refractivity contribution in [3.8, 4) is 0 Å². The topological polar surface area (TPSA) is 49.4 Å². The van der Waals surface area contributed by atoms with Gasteiger partial charge >= 0.3 is 0 Å². The van der Waals surface area contributed by atoms with E-state index in [0.717, 1.165) is 51.5 Å². The Morgan fingerprint density at radius 3 is 2.56 bits per heavy atom. The van der Waals surface area contributed by atoms with E-state index in [-0.39, 0.29) is 17.9 Å². The number of rotatable bonds is 4. The van der Waals surface area contributed by atoms with E-state index in [1.54, 1.807) is 6.92 Å². The van der Waals surface area contributed by atoms with Gasteiger partial charge in [0.25, 0.3) is 0 Å². The standard InChI is InChI=1S/C14H24N2O2/c1-3-4-7-10-16-12(17)11(2)15-13(18)14(16)8-5-6-9-14/h11H,3-10H2,1-2H3,(H,15,18). The summed E-state index contributed by atoms with van der Waals surface area (Å²) in [4.78, 5) is 26.5. The number of hydrogen-bond acceptors (Lipinski definition) is 2. The van der Waals surface area contributed by atoms with E-state index in [2.05, 4.69) is 12.2 Å². The Morgan fingerprint density at radius 2 is 1.94 bits per heavy atom. The second-order valence-electron chi connectivity index (χ2n) is 5.63. The van der Waals surface area contributed by atoms with Crippen molar-refractivity contribution in [2.75, 3.05) is 6.54 Å². The third kappa shape index (κ3) is 2.13. The molecule has 1 spiro atoms. The van der Waals surface area contributed by atoms with Crippen molar-refractivity contribution >= 4 is 11.8 Å². The van der Waals surface area contributed by atoms with Crippen molar-refractivity contribution in [2.24, 2.45) is 0 Å². The number of nitrogens with zero attached hydrogens (tertiary/aromatic N) is 1. The fraction of sp³-hybridized carbons (Fsp3) is 0.857. The molecular formula is C14H24N2O2. The van der Waals surface area contributed by atoms with Crippen LogP contribution in [0.5, 0.6) is 0 Å². The fourth-order valence-corrected chi connectivity index (χ4v) is 3.26. The smallest absolute Gasteiger partial charge is 0.246 e. The van der Waals surface area contributed by atoms with Gasteiger partial charge in [-0.1, -0.05) is 32.6 Å². The maximum atomic E-state index is 12.3.